The van der Waals surface area contributed by atoms with Gasteiger partial charge in [-0.15, -0.1) is 0 Å². The highest BCUT2D eigenvalue weighted by molar-refractivity contribution is 6.36. The molecular weight excluding hydrogens is 492 g/mol. The molecule has 3 aromatic rings. The number of anilines is 2. The molecule has 3 atom stereocenters. The summed E-state index contributed by atoms with van der Waals surface area (Å²) in [4.78, 5) is 34.8. The second-order valence-corrected chi connectivity index (χ2v) is 9.37. The number of carbonyl (C=O) groups is 2. The Hall–Kier alpha value is -3.55. The number of para-hydroxylation sites is 2. The normalized spacial score (nSPS) is 20.9. The van der Waals surface area contributed by atoms with Gasteiger partial charge in [-0.25, -0.2) is 9.96 Å². The molecule has 8 heteroatoms. The molecule has 0 saturated carbocycles. The fourth-order valence-corrected chi connectivity index (χ4v) is 5.07. The predicted octanol–water partition coefficient (Wildman–Crippen LogP) is 5.97. The molecule has 2 saturated heterocycles. The van der Waals surface area contributed by atoms with Gasteiger partial charge in [0, 0.05) is 0 Å². The summed E-state index contributed by atoms with van der Waals surface area (Å²) in [6, 6.07) is 21.4. The van der Waals surface area contributed by atoms with Crippen LogP contribution in [-0.2, 0) is 14.4 Å². The first-order valence-electron chi connectivity index (χ1n) is 12.6. The molecule has 0 spiro atoms. The number of hydroxylamine groups is 1. The molecular formula is C29H29ClN2O5. The maximum atomic E-state index is 13.8. The third-order valence-electron chi connectivity index (χ3n) is 6.58. The summed E-state index contributed by atoms with van der Waals surface area (Å²) in [6.45, 7) is 5.06. The van der Waals surface area contributed by atoms with E-state index in [1.165, 1.54) is 0 Å². The van der Waals surface area contributed by atoms with Crippen LogP contribution in [0.15, 0.2) is 72.8 Å². The van der Waals surface area contributed by atoms with Crippen LogP contribution in [0, 0.1) is 5.92 Å². The first kappa shape index (κ1) is 25.1. The Morgan fingerprint density at radius 2 is 1.65 bits per heavy atom. The lowest BCUT2D eigenvalue weighted by molar-refractivity contribution is -0.126. The Balaban J connectivity index is 1.56. The first-order chi connectivity index (χ1) is 18.0. The lowest BCUT2D eigenvalue weighted by Gasteiger charge is -2.29. The predicted molar refractivity (Wildman–Crippen MR) is 142 cm³/mol. The van der Waals surface area contributed by atoms with E-state index in [1.807, 2.05) is 55.5 Å². The number of imide groups is 1. The molecule has 0 radical (unpaired) electrons. The van der Waals surface area contributed by atoms with E-state index < -0.39 is 24.0 Å². The second-order valence-electron chi connectivity index (χ2n) is 8.96. The highest BCUT2D eigenvalue weighted by atomic mass is 35.5. The van der Waals surface area contributed by atoms with E-state index in [1.54, 1.807) is 29.3 Å². The van der Waals surface area contributed by atoms with Gasteiger partial charge in [0.2, 0.25) is 5.91 Å². The van der Waals surface area contributed by atoms with Crippen molar-refractivity contribution in [1.82, 2.24) is 0 Å². The standard InChI is InChI=1S/C29H29ClN2O5/c1-3-5-17-36-23-16-15-19(18-24(23)35-4-2)26-25-27(37-32(26)20-11-7-6-8-12-20)29(34)31(28(25)33)22-14-10-9-13-21(22)30/h6-16,18,25-27H,3-5,17H2,1-2H3/t25-,26+,27+/m0/s1. The molecule has 0 unspecified atom stereocenters. The van der Waals surface area contributed by atoms with E-state index in [4.69, 9.17) is 25.9 Å². The number of carbonyl (C=O) groups excluding carboxylic acids is 2. The van der Waals surface area contributed by atoms with Crippen molar-refractivity contribution in [3.63, 3.8) is 0 Å². The number of hydrogen-bond acceptors (Lipinski definition) is 6. The summed E-state index contributed by atoms with van der Waals surface area (Å²) in [5, 5.41) is 1.99. The molecule has 2 aliphatic heterocycles. The van der Waals surface area contributed by atoms with Gasteiger partial charge >= 0.3 is 0 Å². The quantitative estimate of drug-likeness (QED) is 0.256. The number of benzene rings is 3. The van der Waals surface area contributed by atoms with Crippen LogP contribution in [0.3, 0.4) is 0 Å². The minimum atomic E-state index is -0.981. The number of ether oxygens (including phenoxy) is 2. The molecule has 2 aliphatic rings. The second kappa shape index (κ2) is 10.8. The van der Waals surface area contributed by atoms with Gasteiger partial charge in [-0.05, 0) is 55.3 Å². The number of rotatable bonds is 9. The largest absolute Gasteiger partial charge is 0.490 e. The molecule has 0 aromatic heterocycles. The fourth-order valence-electron chi connectivity index (χ4n) is 4.85. The average molecular weight is 521 g/mol. The van der Waals surface area contributed by atoms with Crippen LogP contribution in [0.1, 0.15) is 38.3 Å². The fraction of sp³-hybridized carbons (Fsp3) is 0.310. The van der Waals surface area contributed by atoms with Gasteiger partial charge in [-0.3, -0.25) is 14.4 Å². The molecule has 2 amide bonds. The van der Waals surface area contributed by atoms with Crippen molar-refractivity contribution in [1.29, 1.82) is 0 Å². The number of nitrogens with zero attached hydrogens (tertiary/aromatic N) is 2. The Morgan fingerprint density at radius 1 is 0.892 bits per heavy atom. The monoisotopic (exact) mass is 520 g/mol. The van der Waals surface area contributed by atoms with Crippen molar-refractivity contribution < 1.29 is 23.9 Å². The van der Waals surface area contributed by atoms with Gasteiger partial charge in [-0.2, -0.15) is 0 Å². The average Bonchev–Trinajstić information content (AvgIpc) is 3.42. The number of hydrogen-bond donors (Lipinski definition) is 0. The molecule has 192 valence electrons. The summed E-state index contributed by atoms with van der Waals surface area (Å²) >= 11 is 6.37. The highest BCUT2D eigenvalue weighted by Crippen LogP contribution is 2.49. The Labute approximate surface area is 221 Å². The van der Waals surface area contributed by atoms with Crippen LogP contribution < -0.4 is 19.4 Å². The summed E-state index contributed by atoms with van der Waals surface area (Å²) in [7, 11) is 0. The molecule has 0 bridgehead atoms. The molecule has 2 heterocycles. The molecule has 7 nitrogen and oxygen atoms in total. The zero-order valence-electron chi connectivity index (χ0n) is 20.8. The van der Waals surface area contributed by atoms with E-state index in [9.17, 15) is 9.59 Å². The van der Waals surface area contributed by atoms with Crippen LogP contribution in [0.2, 0.25) is 5.02 Å². The number of halogens is 1. The summed E-state index contributed by atoms with van der Waals surface area (Å²) < 4.78 is 11.9. The maximum absolute atomic E-state index is 13.8. The Kier molecular flexibility index (Phi) is 7.35. The van der Waals surface area contributed by atoms with E-state index in [-0.39, 0.29) is 5.91 Å². The summed E-state index contributed by atoms with van der Waals surface area (Å²) in [5.74, 6) is -0.325. The summed E-state index contributed by atoms with van der Waals surface area (Å²) in [6.07, 6.45) is 0.975. The van der Waals surface area contributed by atoms with Gasteiger partial charge in [0.15, 0.2) is 17.6 Å². The van der Waals surface area contributed by atoms with Crippen LogP contribution in [0.4, 0.5) is 11.4 Å². The van der Waals surface area contributed by atoms with Crippen molar-refractivity contribution in [3.05, 3.63) is 83.4 Å². The lowest BCUT2D eigenvalue weighted by atomic mass is 9.90. The van der Waals surface area contributed by atoms with Gasteiger partial charge in [0.1, 0.15) is 5.92 Å². The minimum absolute atomic E-state index is 0.327. The van der Waals surface area contributed by atoms with Crippen molar-refractivity contribution in [2.75, 3.05) is 23.2 Å². The smallest absolute Gasteiger partial charge is 0.266 e. The molecule has 5 rings (SSSR count). The van der Waals surface area contributed by atoms with Crippen molar-refractivity contribution in [2.45, 2.75) is 38.8 Å². The third-order valence-corrected chi connectivity index (χ3v) is 6.90. The number of amides is 2. The van der Waals surface area contributed by atoms with Gasteiger partial charge in [-0.1, -0.05) is 61.3 Å². The molecule has 37 heavy (non-hydrogen) atoms. The summed E-state index contributed by atoms with van der Waals surface area (Å²) in [5.41, 5.74) is 1.88. The zero-order valence-corrected chi connectivity index (χ0v) is 21.6. The Morgan fingerprint density at radius 3 is 2.38 bits per heavy atom. The van der Waals surface area contributed by atoms with Crippen molar-refractivity contribution in [3.8, 4) is 11.5 Å². The zero-order chi connectivity index (χ0) is 25.9. The number of fused-ring (bicyclic) bond motifs is 1. The van der Waals surface area contributed by atoms with Crippen LogP contribution in [-0.4, -0.2) is 31.1 Å². The van der Waals surface area contributed by atoms with Gasteiger partial charge in [0.05, 0.1) is 35.7 Å². The van der Waals surface area contributed by atoms with Crippen LogP contribution in [0.5, 0.6) is 11.5 Å². The molecule has 0 aliphatic carbocycles. The number of unbranched alkanes of at least 4 members (excludes halogenated alkanes) is 1. The molecule has 0 N–H and O–H groups in total. The topological polar surface area (TPSA) is 68.3 Å². The Bertz CT molecular complexity index is 1280. The lowest BCUT2D eigenvalue weighted by Crippen LogP contribution is -2.37. The van der Waals surface area contributed by atoms with E-state index in [0.29, 0.717) is 35.4 Å². The van der Waals surface area contributed by atoms with Gasteiger partial charge < -0.3 is 9.47 Å². The molecule has 2 fully saturated rings. The first-order valence-corrected chi connectivity index (χ1v) is 13.0. The minimum Gasteiger partial charge on any atom is -0.490 e. The SMILES string of the molecule is CCCCOc1ccc([C@@H]2[C@@H]3C(=O)N(c4ccccc4Cl)C(=O)[C@@H]3ON2c2ccccc2)cc1OCC. The maximum Gasteiger partial charge on any atom is 0.266 e. The molecule has 3 aromatic carbocycles. The van der Waals surface area contributed by atoms with E-state index in [2.05, 4.69) is 6.92 Å². The van der Waals surface area contributed by atoms with Crippen LogP contribution >= 0.6 is 11.6 Å². The van der Waals surface area contributed by atoms with E-state index in [0.717, 1.165) is 29.0 Å². The van der Waals surface area contributed by atoms with Crippen molar-refractivity contribution >= 4 is 34.8 Å². The third kappa shape index (κ3) is 4.65. The van der Waals surface area contributed by atoms with Crippen LogP contribution in [0.25, 0.3) is 0 Å². The van der Waals surface area contributed by atoms with Gasteiger partial charge in [0.25, 0.3) is 5.91 Å². The highest BCUT2D eigenvalue weighted by Gasteiger charge is 2.60. The van der Waals surface area contributed by atoms with Crippen molar-refractivity contribution in [2.24, 2.45) is 5.92 Å². The van der Waals surface area contributed by atoms with E-state index >= 15 is 0 Å².